The van der Waals surface area contributed by atoms with Gasteiger partial charge in [-0.25, -0.2) is 0 Å². The summed E-state index contributed by atoms with van der Waals surface area (Å²) in [5, 5.41) is 10.9. The molecule has 0 aromatic carbocycles. The molecule has 3 heterocycles. The molecule has 0 atom stereocenters. The fourth-order valence-corrected chi connectivity index (χ4v) is 1.89. The van der Waals surface area contributed by atoms with Crippen LogP contribution in [-0.4, -0.2) is 40.1 Å². The lowest BCUT2D eigenvalue weighted by atomic mass is 10.1. The second-order valence-corrected chi connectivity index (χ2v) is 4.17. The van der Waals surface area contributed by atoms with E-state index in [-0.39, 0.29) is 11.9 Å². The van der Waals surface area contributed by atoms with Gasteiger partial charge < -0.3 is 14.6 Å². The highest BCUT2D eigenvalue weighted by Crippen LogP contribution is 2.16. The first kappa shape index (κ1) is 10.8. The molecule has 0 bridgehead atoms. The van der Waals surface area contributed by atoms with Crippen molar-refractivity contribution in [2.24, 2.45) is 0 Å². The van der Waals surface area contributed by atoms with Crippen LogP contribution in [0.4, 0.5) is 5.82 Å². The van der Waals surface area contributed by atoms with Crippen molar-refractivity contribution in [3.63, 3.8) is 0 Å². The molecule has 1 amide bonds. The topological polar surface area (TPSA) is 71.3 Å². The average molecular weight is 244 g/mol. The number of aromatic nitrogens is 2. The van der Waals surface area contributed by atoms with Crippen LogP contribution in [0, 0.1) is 0 Å². The Morgan fingerprint density at radius 3 is 3.00 bits per heavy atom. The van der Waals surface area contributed by atoms with Gasteiger partial charge in [0.2, 0.25) is 0 Å². The minimum Gasteiger partial charge on any atom is -0.472 e. The summed E-state index contributed by atoms with van der Waals surface area (Å²) in [6, 6.07) is 5.58. The van der Waals surface area contributed by atoms with Crippen molar-refractivity contribution < 1.29 is 9.21 Å². The summed E-state index contributed by atoms with van der Waals surface area (Å²) >= 11 is 0. The van der Waals surface area contributed by atoms with Crippen LogP contribution >= 0.6 is 0 Å². The molecule has 2 aromatic heterocycles. The van der Waals surface area contributed by atoms with Gasteiger partial charge in [-0.2, -0.15) is 5.10 Å². The largest absolute Gasteiger partial charge is 0.472 e. The van der Waals surface area contributed by atoms with Crippen LogP contribution in [-0.2, 0) is 0 Å². The Balaban J connectivity index is 1.53. The van der Waals surface area contributed by atoms with E-state index in [9.17, 15) is 4.79 Å². The van der Waals surface area contributed by atoms with Gasteiger partial charge >= 0.3 is 0 Å². The molecule has 3 rings (SSSR count). The standard InChI is InChI=1S/C12H12N4O2/c17-12(9-3-5-18-8-9)16-6-10(7-16)14-11-2-1-4-13-15-11/h1-5,8,10H,6-7H2,(H,14,15). The van der Waals surface area contributed by atoms with Crippen LogP contribution < -0.4 is 5.32 Å². The lowest BCUT2D eigenvalue weighted by Gasteiger charge is -2.39. The first-order chi connectivity index (χ1) is 8.83. The fourth-order valence-electron chi connectivity index (χ4n) is 1.89. The number of nitrogens with one attached hydrogen (secondary N) is 1. The molecule has 0 saturated carbocycles. The quantitative estimate of drug-likeness (QED) is 0.872. The number of hydrogen-bond acceptors (Lipinski definition) is 5. The van der Waals surface area contributed by atoms with Crippen LogP contribution in [0.3, 0.4) is 0 Å². The normalized spacial score (nSPS) is 15.2. The highest BCUT2D eigenvalue weighted by atomic mass is 16.3. The Bertz CT molecular complexity index is 520. The van der Waals surface area contributed by atoms with Crippen LogP contribution in [0.1, 0.15) is 10.4 Å². The SMILES string of the molecule is O=C(c1ccoc1)N1CC(Nc2cccnn2)C1. The predicted molar refractivity (Wildman–Crippen MR) is 64.1 cm³/mol. The smallest absolute Gasteiger partial charge is 0.257 e. The predicted octanol–water partition coefficient (Wildman–Crippen LogP) is 1.01. The maximum atomic E-state index is 11.9. The van der Waals surface area contributed by atoms with Gasteiger partial charge in [0.1, 0.15) is 12.1 Å². The van der Waals surface area contributed by atoms with Gasteiger partial charge in [0.25, 0.3) is 5.91 Å². The molecule has 6 nitrogen and oxygen atoms in total. The maximum absolute atomic E-state index is 11.9. The Morgan fingerprint density at radius 2 is 2.33 bits per heavy atom. The third-order valence-electron chi connectivity index (χ3n) is 2.86. The van der Waals surface area contributed by atoms with Gasteiger partial charge in [-0.3, -0.25) is 4.79 Å². The third kappa shape index (κ3) is 2.04. The zero-order valence-corrected chi connectivity index (χ0v) is 9.61. The van der Waals surface area contributed by atoms with E-state index in [1.807, 2.05) is 12.1 Å². The van der Waals surface area contributed by atoms with Gasteiger partial charge in [-0.05, 0) is 18.2 Å². The summed E-state index contributed by atoms with van der Waals surface area (Å²) in [6.45, 7) is 1.33. The monoisotopic (exact) mass is 244 g/mol. The van der Waals surface area contributed by atoms with E-state index in [0.29, 0.717) is 18.7 Å². The van der Waals surface area contributed by atoms with E-state index in [1.54, 1.807) is 17.2 Å². The van der Waals surface area contributed by atoms with E-state index in [2.05, 4.69) is 15.5 Å². The highest BCUT2D eigenvalue weighted by molar-refractivity contribution is 5.94. The third-order valence-corrected chi connectivity index (χ3v) is 2.86. The van der Waals surface area contributed by atoms with Gasteiger partial charge in [0, 0.05) is 19.3 Å². The number of furan rings is 1. The second-order valence-electron chi connectivity index (χ2n) is 4.17. The number of nitrogens with zero attached hydrogens (tertiary/aromatic N) is 3. The number of amides is 1. The van der Waals surface area contributed by atoms with Crippen LogP contribution in [0.2, 0.25) is 0 Å². The first-order valence-corrected chi connectivity index (χ1v) is 5.68. The Labute approximate surface area is 104 Å². The molecule has 0 spiro atoms. The summed E-state index contributed by atoms with van der Waals surface area (Å²) < 4.78 is 4.90. The Kier molecular flexibility index (Phi) is 2.68. The lowest BCUT2D eigenvalue weighted by Crippen LogP contribution is -2.57. The van der Waals surface area contributed by atoms with Crippen molar-refractivity contribution in [3.05, 3.63) is 42.5 Å². The van der Waals surface area contributed by atoms with Gasteiger partial charge in [0.05, 0.1) is 17.9 Å². The summed E-state index contributed by atoms with van der Waals surface area (Å²) in [5.41, 5.74) is 0.591. The number of anilines is 1. The maximum Gasteiger partial charge on any atom is 0.257 e. The molecule has 1 aliphatic rings. The Hall–Kier alpha value is -2.37. The summed E-state index contributed by atoms with van der Waals surface area (Å²) in [5.74, 6) is 0.735. The number of hydrogen-bond donors (Lipinski definition) is 1. The molecule has 0 aliphatic carbocycles. The molecule has 92 valence electrons. The van der Waals surface area contributed by atoms with Crippen LogP contribution in [0.5, 0.6) is 0 Å². The summed E-state index contributed by atoms with van der Waals surface area (Å²) in [7, 11) is 0. The highest BCUT2D eigenvalue weighted by Gasteiger charge is 2.31. The van der Waals surface area contributed by atoms with E-state index in [4.69, 9.17) is 4.42 Å². The molecular weight excluding hydrogens is 232 g/mol. The lowest BCUT2D eigenvalue weighted by molar-refractivity contribution is 0.0624. The summed E-state index contributed by atoms with van der Waals surface area (Å²) in [6.07, 6.45) is 4.59. The average Bonchev–Trinajstić information content (AvgIpc) is 2.87. The minimum atomic E-state index is 0.000876. The van der Waals surface area contributed by atoms with E-state index >= 15 is 0 Å². The number of rotatable bonds is 3. The van der Waals surface area contributed by atoms with Gasteiger partial charge in [0.15, 0.2) is 0 Å². The minimum absolute atomic E-state index is 0.000876. The van der Waals surface area contributed by atoms with Crippen LogP contribution in [0.25, 0.3) is 0 Å². The van der Waals surface area contributed by atoms with Crippen molar-refractivity contribution in [1.82, 2.24) is 15.1 Å². The number of likely N-dealkylation sites (tertiary alicyclic amines) is 1. The number of carbonyl (C=O) groups is 1. The van der Waals surface area contributed by atoms with Gasteiger partial charge in [-0.15, -0.1) is 5.10 Å². The van der Waals surface area contributed by atoms with Crippen LogP contribution in [0.15, 0.2) is 41.3 Å². The molecule has 2 aromatic rings. The zero-order valence-electron chi connectivity index (χ0n) is 9.61. The van der Waals surface area contributed by atoms with Crippen molar-refractivity contribution in [2.75, 3.05) is 18.4 Å². The molecule has 1 aliphatic heterocycles. The molecule has 0 radical (unpaired) electrons. The van der Waals surface area contributed by atoms with Crippen molar-refractivity contribution >= 4 is 11.7 Å². The molecule has 1 N–H and O–H groups in total. The van der Waals surface area contributed by atoms with Crippen molar-refractivity contribution in [2.45, 2.75) is 6.04 Å². The van der Waals surface area contributed by atoms with Crippen molar-refractivity contribution in [1.29, 1.82) is 0 Å². The summed E-state index contributed by atoms with van der Waals surface area (Å²) in [4.78, 5) is 13.7. The number of carbonyl (C=O) groups excluding carboxylic acids is 1. The van der Waals surface area contributed by atoms with E-state index in [0.717, 1.165) is 5.82 Å². The Morgan fingerprint density at radius 1 is 1.44 bits per heavy atom. The first-order valence-electron chi connectivity index (χ1n) is 5.68. The van der Waals surface area contributed by atoms with E-state index < -0.39 is 0 Å². The molecule has 0 unspecified atom stereocenters. The fraction of sp³-hybridized carbons (Fsp3) is 0.250. The molecule has 18 heavy (non-hydrogen) atoms. The molecule has 1 fully saturated rings. The second kappa shape index (κ2) is 4.48. The molecular formula is C12H12N4O2. The van der Waals surface area contributed by atoms with Crippen molar-refractivity contribution in [3.8, 4) is 0 Å². The molecule has 1 saturated heterocycles. The zero-order chi connectivity index (χ0) is 12.4. The van der Waals surface area contributed by atoms with E-state index in [1.165, 1.54) is 12.5 Å². The van der Waals surface area contributed by atoms with Gasteiger partial charge in [-0.1, -0.05) is 0 Å². The molecule has 6 heteroatoms.